The van der Waals surface area contributed by atoms with E-state index in [1.165, 1.54) is 12.1 Å². The van der Waals surface area contributed by atoms with Crippen molar-refractivity contribution in [1.82, 2.24) is 0 Å². The van der Waals surface area contributed by atoms with Gasteiger partial charge in [-0.25, -0.2) is 0 Å². The highest BCUT2D eigenvalue weighted by Crippen LogP contribution is 2.42. The van der Waals surface area contributed by atoms with Crippen LogP contribution in [-0.2, 0) is 0 Å². The topological polar surface area (TPSA) is 150 Å². The fourth-order valence-electron chi connectivity index (χ4n) is 2.69. The maximum Gasteiger partial charge on any atom is 0.710 e. The molecule has 10 nitrogen and oxygen atoms in total. The highest BCUT2D eigenvalue weighted by Gasteiger charge is 2.76. The summed E-state index contributed by atoms with van der Waals surface area (Å²) < 4.78 is 0. The lowest BCUT2D eigenvalue weighted by Gasteiger charge is -2.25. The van der Waals surface area contributed by atoms with Crippen molar-refractivity contribution in [2.45, 2.75) is 31.7 Å². The second-order valence-corrected chi connectivity index (χ2v) is 5.33. The number of aliphatic hydroxyl groups is 1. The van der Waals surface area contributed by atoms with Crippen LogP contribution in [0.1, 0.15) is 34.3 Å². The number of rotatable bonds is 4. The number of hydrogen-bond donors (Lipinski definition) is 1. The van der Waals surface area contributed by atoms with Crippen molar-refractivity contribution in [3.05, 3.63) is 76.9 Å². The first-order valence-corrected chi connectivity index (χ1v) is 6.55. The quantitative estimate of drug-likeness (QED) is 0.381. The van der Waals surface area contributed by atoms with Gasteiger partial charge in [0, 0.05) is 0 Å². The van der Waals surface area contributed by atoms with Crippen molar-refractivity contribution in [3.8, 4) is 0 Å². The molecule has 122 valence electrons. The van der Waals surface area contributed by atoms with Gasteiger partial charge in [-0.3, -0.25) is 30.3 Å². The summed E-state index contributed by atoms with van der Waals surface area (Å²) in [5, 5.41) is 43.8. The minimum atomic E-state index is -3.65. The van der Waals surface area contributed by atoms with Crippen LogP contribution in [0.2, 0.25) is 0 Å². The average molecular weight is 323 g/mol. The molecule has 0 spiro atoms. The molecule has 0 bridgehead atoms. The zero-order valence-corrected chi connectivity index (χ0v) is 12.2. The lowest BCUT2D eigenvalue weighted by atomic mass is 9.80. The highest BCUT2D eigenvalue weighted by atomic mass is 16.7. The van der Waals surface area contributed by atoms with E-state index in [1.807, 2.05) is 0 Å². The smallest absolute Gasteiger partial charge is 0.384 e. The molecule has 0 heterocycles. The molecule has 0 saturated carbocycles. The number of aliphatic hydroxyl groups excluding tert-OH is 1. The lowest BCUT2D eigenvalue weighted by Crippen LogP contribution is -2.57. The minimum Gasteiger partial charge on any atom is -0.384 e. The lowest BCUT2D eigenvalue weighted by molar-refractivity contribution is -0.972. The van der Waals surface area contributed by atoms with Crippen LogP contribution in [0.5, 0.6) is 0 Å². The average Bonchev–Trinajstić information content (AvgIpc) is 2.43. The first-order chi connectivity index (χ1) is 10.6. The number of benzene rings is 1. The standard InChI is InChI=1S/C13H13N3O7/c1-7-5-9-10(6-8(7)2)12(17)4-3-11(9)13(14(18)19,15(20)21)16(22)23/h3-6,11-12,17H,1-2H3/t11-,12+/m1/s1. The molecule has 1 N–H and O–H groups in total. The summed E-state index contributed by atoms with van der Waals surface area (Å²) in [6, 6.07) is 2.93. The fraction of sp³-hybridized carbons (Fsp3) is 0.385. The molecule has 1 aliphatic rings. The Kier molecular flexibility index (Phi) is 3.87. The molecule has 2 atom stereocenters. The van der Waals surface area contributed by atoms with Crippen LogP contribution in [0.3, 0.4) is 0 Å². The molecule has 0 aromatic heterocycles. The zero-order valence-electron chi connectivity index (χ0n) is 12.2. The van der Waals surface area contributed by atoms with Crippen LogP contribution in [0.15, 0.2) is 24.3 Å². The van der Waals surface area contributed by atoms with E-state index < -0.39 is 32.6 Å². The van der Waals surface area contributed by atoms with Gasteiger partial charge in [0.15, 0.2) is 14.8 Å². The summed E-state index contributed by atoms with van der Waals surface area (Å²) >= 11 is 0. The second kappa shape index (κ2) is 5.39. The Morgan fingerprint density at radius 3 is 1.78 bits per heavy atom. The van der Waals surface area contributed by atoms with E-state index in [9.17, 15) is 35.4 Å². The van der Waals surface area contributed by atoms with Crippen LogP contribution in [0, 0.1) is 44.2 Å². The Labute approximate surface area is 129 Å². The summed E-state index contributed by atoms with van der Waals surface area (Å²) in [4.78, 5) is 29.3. The van der Waals surface area contributed by atoms with E-state index in [0.29, 0.717) is 5.56 Å². The van der Waals surface area contributed by atoms with E-state index in [-0.39, 0.29) is 11.1 Å². The van der Waals surface area contributed by atoms with Crippen molar-refractivity contribution in [3.63, 3.8) is 0 Å². The molecule has 1 aromatic rings. The molecule has 0 radical (unpaired) electrons. The third-order valence-electron chi connectivity index (χ3n) is 4.06. The third-order valence-corrected chi connectivity index (χ3v) is 4.06. The molecule has 0 amide bonds. The summed E-state index contributed by atoms with van der Waals surface area (Å²) in [6.07, 6.45) is 0.909. The van der Waals surface area contributed by atoms with Gasteiger partial charge in [-0.05, 0) is 36.1 Å². The molecule has 10 heteroatoms. The number of hydrogen-bond acceptors (Lipinski definition) is 7. The Hall–Kier alpha value is -2.88. The first-order valence-electron chi connectivity index (χ1n) is 6.55. The summed E-state index contributed by atoms with van der Waals surface area (Å²) in [5.41, 5.74) is 1.61. The van der Waals surface area contributed by atoms with Gasteiger partial charge < -0.3 is 5.11 Å². The minimum absolute atomic E-state index is 0.00759. The molecule has 0 unspecified atom stereocenters. The monoisotopic (exact) mass is 323 g/mol. The molecule has 1 aliphatic carbocycles. The summed E-state index contributed by atoms with van der Waals surface area (Å²) in [7, 11) is 0. The van der Waals surface area contributed by atoms with E-state index in [1.54, 1.807) is 13.8 Å². The molecule has 2 rings (SSSR count). The van der Waals surface area contributed by atoms with Gasteiger partial charge in [0.1, 0.15) is 0 Å². The molecule has 0 aliphatic heterocycles. The van der Waals surface area contributed by atoms with Crippen LogP contribution >= 0.6 is 0 Å². The number of fused-ring (bicyclic) bond motifs is 1. The Bertz CT molecular complexity index is 707. The maximum atomic E-state index is 11.3. The number of aryl methyl sites for hydroxylation is 2. The first kappa shape index (κ1) is 16.5. The largest absolute Gasteiger partial charge is 0.710 e. The molecule has 1 aromatic carbocycles. The normalized spacial score (nSPS) is 20.0. The zero-order chi connectivity index (χ0) is 17.5. The van der Waals surface area contributed by atoms with E-state index in [4.69, 9.17) is 0 Å². The second-order valence-electron chi connectivity index (χ2n) is 5.33. The summed E-state index contributed by atoms with van der Waals surface area (Å²) in [5.74, 6) is -5.38. The van der Waals surface area contributed by atoms with Gasteiger partial charge in [-0.15, -0.1) is 0 Å². The maximum absolute atomic E-state index is 11.3. The van der Waals surface area contributed by atoms with Gasteiger partial charge in [-0.2, -0.15) is 0 Å². The molecule has 0 fully saturated rings. The van der Waals surface area contributed by atoms with Gasteiger partial charge in [0.2, 0.25) is 5.92 Å². The summed E-state index contributed by atoms with van der Waals surface area (Å²) in [6.45, 7) is 3.40. The molecular weight excluding hydrogens is 310 g/mol. The van der Waals surface area contributed by atoms with E-state index in [2.05, 4.69) is 0 Å². The van der Waals surface area contributed by atoms with Gasteiger partial charge in [0.05, 0.1) is 6.10 Å². The van der Waals surface area contributed by atoms with Crippen molar-refractivity contribution < 1.29 is 19.9 Å². The van der Waals surface area contributed by atoms with E-state index in [0.717, 1.165) is 17.7 Å². The Balaban J connectivity index is 2.80. The van der Waals surface area contributed by atoms with Crippen molar-refractivity contribution in [2.24, 2.45) is 0 Å². The Morgan fingerprint density at radius 1 is 0.913 bits per heavy atom. The molecule has 0 saturated heterocycles. The van der Waals surface area contributed by atoms with Crippen molar-refractivity contribution >= 4 is 0 Å². The van der Waals surface area contributed by atoms with Crippen molar-refractivity contribution in [2.75, 3.05) is 0 Å². The third kappa shape index (κ3) is 2.23. The number of nitro groups is 3. The fourth-order valence-corrected chi connectivity index (χ4v) is 2.69. The van der Waals surface area contributed by atoms with Crippen molar-refractivity contribution in [1.29, 1.82) is 0 Å². The molecular formula is C13H13N3O7. The predicted molar refractivity (Wildman–Crippen MR) is 76.5 cm³/mol. The molecule has 23 heavy (non-hydrogen) atoms. The van der Waals surface area contributed by atoms with E-state index >= 15 is 0 Å². The van der Waals surface area contributed by atoms with Crippen LogP contribution in [0.4, 0.5) is 0 Å². The van der Waals surface area contributed by atoms with Crippen LogP contribution < -0.4 is 0 Å². The SMILES string of the molecule is Cc1cc2c(cc1C)[C@@H](O)C=C[C@H]2C([N+](=O)[O-])([N+](=O)[O-])[N+](=O)[O-]. The van der Waals surface area contributed by atoms with Crippen LogP contribution in [0.25, 0.3) is 0 Å². The van der Waals surface area contributed by atoms with Crippen LogP contribution in [-0.4, -0.2) is 25.7 Å². The van der Waals surface area contributed by atoms with Gasteiger partial charge in [-0.1, -0.05) is 24.3 Å². The highest BCUT2D eigenvalue weighted by molar-refractivity contribution is 5.46. The Morgan fingerprint density at radius 2 is 1.35 bits per heavy atom. The predicted octanol–water partition coefficient (Wildman–Crippen LogP) is 1.47. The number of nitrogens with zero attached hydrogens (tertiary/aromatic N) is 3. The van der Waals surface area contributed by atoms with Gasteiger partial charge in [0.25, 0.3) is 0 Å². The van der Waals surface area contributed by atoms with Gasteiger partial charge >= 0.3 is 5.79 Å².